The molecule has 4 aliphatic carbocycles. The summed E-state index contributed by atoms with van der Waals surface area (Å²) in [5.41, 5.74) is 2.34. The fourth-order valence-corrected chi connectivity index (χ4v) is 9.68. The van der Waals surface area contributed by atoms with E-state index in [4.69, 9.17) is 4.74 Å². The Morgan fingerprint density at radius 1 is 1.18 bits per heavy atom. The highest BCUT2D eigenvalue weighted by Crippen LogP contribution is 2.67. The molecule has 4 heteroatoms. The fraction of sp³-hybridized carbons (Fsp3) is 0.900. The summed E-state index contributed by atoms with van der Waals surface area (Å²) in [5, 5.41) is 10.3. The van der Waals surface area contributed by atoms with Gasteiger partial charge in [0.25, 0.3) is 0 Å². The van der Waals surface area contributed by atoms with Gasteiger partial charge in [-0.25, -0.2) is 0 Å². The fourth-order valence-electron chi connectivity index (χ4n) is 9.68. The first-order chi connectivity index (χ1) is 16.3. The predicted octanol–water partition coefficient (Wildman–Crippen LogP) is 5.98. The number of allylic oxidation sites excluding steroid dienone is 1. The van der Waals surface area contributed by atoms with E-state index in [-0.39, 0.29) is 12.2 Å². The quantitative estimate of drug-likeness (QED) is 0.502. The van der Waals surface area contributed by atoms with Crippen molar-refractivity contribution in [2.75, 3.05) is 20.2 Å². The average Bonchev–Trinajstić information content (AvgIpc) is 3.20. The summed E-state index contributed by atoms with van der Waals surface area (Å²) < 4.78 is 5.53. The van der Waals surface area contributed by atoms with Crippen LogP contribution in [0.4, 0.5) is 0 Å². The molecule has 1 heterocycles. The van der Waals surface area contributed by atoms with Crippen LogP contribution < -0.4 is 0 Å². The van der Waals surface area contributed by atoms with Crippen LogP contribution in [0.15, 0.2) is 11.6 Å². The first-order valence-electron chi connectivity index (χ1n) is 14.4. The number of likely N-dealkylation sites (tertiary alicyclic amines) is 1. The molecule has 34 heavy (non-hydrogen) atoms. The number of amides is 1. The molecule has 0 aromatic rings. The minimum Gasteiger partial charge on any atom is -0.393 e. The molecule has 3 saturated carbocycles. The van der Waals surface area contributed by atoms with Crippen molar-refractivity contribution in [3.8, 4) is 0 Å². The highest BCUT2D eigenvalue weighted by atomic mass is 16.5. The number of piperidine rings is 1. The summed E-state index contributed by atoms with van der Waals surface area (Å²) in [4.78, 5) is 15.0. The zero-order valence-corrected chi connectivity index (χ0v) is 22.2. The van der Waals surface area contributed by atoms with Gasteiger partial charge in [-0.05, 0) is 111 Å². The van der Waals surface area contributed by atoms with Gasteiger partial charge in [-0.2, -0.15) is 0 Å². The number of ether oxygens (including phenoxy) is 1. The first-order valence-corrected chi connectivity index (χ1v) is 14.4. The highest BCUT2D eigenvalue weighted by molar-refractivity contribution is 5.76. The molecule has 0 bridgehead atoms. The number of carbonyl (C=O) groups excluding carboxylic acids is 1. The maximum atomic E-state index is 13.0. The Hall–Kier alpha value is -0.870. The lowest BCUT2D eigenvalue weighted by Gasteiger charge is -2.58. The van der Waals surface area contributed by atoms with Gasteiger partial charge in [-0.1, -0.05) is 32.4 Å². The molecular weight excluding hydrogens is 422 g/mol. The molecule has 1 saturated heterocycles. The van der Waals surface area contributed by atoms with Crippen molar-refractivity contribution in [2.24, 2.45) is 40.4 Å². The standard InChI is InChI=1S/C30H49NO3/c1-20(7-12-28(33)31-17-5-6-23(19-31)34-4)25-10-11-26-24-9-8-21-18-22(32)13-15-29(21,2)27(24)14-16-30(25,26)3/h8,20,22-27,32H,5-7,9-19H2,1-4H3/t20?,22-,23?,24-,25+,26-,27-,29-,30+/m0/s1. The normalized spacial score (nSPS) is 45.1. The molecule has 9 atom stereocenters. The molecule has 1 aliphatic heterocycles. The second kappa shape index (κ2) is 9.54. The number of hydrogen-bond donors (Lipinski definition) is 1. The van der Waals surface area contributed by atoms with Gasteiger partial charge < -0.3 is 14.7 Å². The molecule has 5 aliphatic rings. The summed E-state index contributed by atoms with van der Waals surface area (Å²) in [6, 6.07) is 0. The van der Waals surface area contributed by atoms with Crippen LogP contribution in [0.1, 0.15) is 97.8 Å². The maximum Gasteiger partial charge on any atom is 0.222 e. The molecule has 4 fully saturated rings. The minimum atomic E-state index is -0.116. The van der Waals surface area contributed by atoms with E-state index < -0.39 is 0 Å². The molecule has 0 aromatic heterocycles. The number of aliphatic hydroxyl groups excluding tert-OH is 1. The molecule has 0 aromatic carbocycles. The lowest BCUT2D eigenvalue weighted by atomic mass is 9.47. The number of methoxy groups -OCH3 is 1. The predicted molar refractivity (Wildman–Crippen MR) is 136 cm³/mol. The van der Waals surface area contributed by atoms with Crippen LogP contribution in [0.25, 0.3) is 0 Å². The second-order valence-electron chi connectivity index (χ2n) is 13.2. The highest BCUT2D eigenvalue weighted by Gasteiger charge is 2.59. The van der Waals surface area contributed by atoms with E-state index in [0.717, 1.165) is 68.9 Å². The Balaban J connectivity index is 1.22. The van der Waals surface area contributed by atoms with Crippen LogP contribution in [0.5, 0.6) is 0 Å². The maximum absolute atomic E-state index is 13.0. The van der Waals surface area contributed by atoms with Gasteiger partial charge in [0, 0.05) is 26.6 Å². The number of carbonyl (C=O) groups is 1. The number of aliphatic hydroxyl groups is 1. The van der Waals surface area contributed by atoms with Gasteiger partial charge >= 0.3 is 0 Å². The van der Waals surface area contributed by atoms with Crippen LogP contribution in [-0.2, 0) is 9.53 Å². The van der Waals surface area contributed by atoms with Crippen molar-refractivity contribution in [1.29, 1.82) is 0 Å². The Labute approximate surface area is 207 Å². The van der Waals surface area contributed by atoms with E-state index in [0.29, 0.717) is 29.1 Å². The van der Waals surface area contributed by atoms with Gasteiger partial charge in [0.05, 0.1) is 12.2 Å². The summed E-state index contributed by atoms with van der Waals surface area (Å²) >= 11 is 0. The number of hydrogen-bond acceptors (Lipinski definition) is 3. The largest absolute Gasteiger partial charge is 0.393 e. The summed E-state index contributed by atoms with van der Waals surface area (Å²) in [6.07, 6.45) is 16.3. The first kappa shape index (κ1) is 24.8. The van der Waals surface area contributed by atoms with Gasteiger partial charge in [0.1, 0.15) is 0 Å². The van der Waals surface area contributed by atoms with Gasteiger partial charge in [0.2, 0.25) is 5.91 Å². The zero-order valence-electron chi connectivity index (χ0n) is 22.2. The third kappa shape index (κ3) is 4.19. The second-order valence-corrected chi connectivity index (χ2v) is 13.2. The molecule has 4 nitrogen and oxygen atoms in total. The molecule has 0 radical (unpaired) electrons. The van der Waals surface area contributed by atoms with E-state index in [1.807, 2.05) is 0 Å². The molecule has 5 rings (SSSR count). The van der Waals surface area contributed by atoms with Crippen molar-refractivity contribution in [1.82, 2.24) is 4.90 Å². The molecule has 192 valence electrons. The topological polar surface area (TPSA) is 49.8 Å². The monoisotopic (exact) mass is 471 g/mol. The van der Waals surface area contributed by atoms with E-state index in [1.54, 1.807) is 12.7 Å². The molecule has 1 amide bonds. The van der Waals surface area contributed by atoms with Crippen LogP contribution >= 0.6 is 0 Å². The lowest BCUT2D eigenvalue weighted by molar-refractivity contribution is -0.135. The van der Waals surface area contributed by atoms with E-state index in [1.165, 1.54) is 38.5 Å². The number of fused-ring (bicyclic) bond motifs is 5. The van der Waals surface area contributed by atoms with Crippen LogP contribution in [0.3, 0.4) is 0 Å². The van der Waals surface area contributed by atoms with E-state index >= 15 is 0 Å². The van der Waals surface area contributed by atoms with Gasteiger partial charge in [-0.15, -0.1) is 0 Å². The van der Waals surface area contributed by atoms with E-state index in [9.17, 15) is 9.90 Å². The van der Waals surface area contributed by atoms with Crippen molar-refractivity contribution in [3.05, 3.63) is 11.6 Å². The summed E-state index contributed by atoms with van der Waals surface area (Å²) in [7, 11) is 1.77. The molecular formula is C30H49NO3. The average molecular weight is 472 g/mol. The number of rotatable bonds is 5. The molecule has 1 N–H and O–H groups in total. The van der Waals surface area contributed by atoms with Crippen LogP contribution in [0, 0.1) is 40.4 Å². The van der Waals surface area contributed by atoms with Crippen LogP contribution in [-0.4, -0.2) is 48.3 Å². The smallest absolute Gasteiger partial charge is 0.222 e. The Bertz CT molecular complexity index is 794. The van der Waals surface area contributed by atoms with Gasteiger partial charge in [0.15, 0.2) is 0 Å². The van der Waals surface area contributed by atoms with Crippen molar-refractivity contribution >= 4 is 5.91 Å². The van der Waals surface area contributed by atoms with Crippen LogP contribution in [0.2, 0.25) is 0 Å². The molecule has 0 spiro atoms. The summed E-state index contributed by atoms with van der Waals surface area (Å²) in [5.74, 6) is 4.18. The third-order valence-corrected chi connectivity index (χ3v) is 11.7. The number of nitrogens with zero attached hydrogens (tertiary/aromatic N) is 1. The SMILES string of the molecule is COC1CCCN(C(=O)CCC(C)[C@H]2CC[C@H]3[C@@H]4CC=C5C[C@@H](O)CC[C@]5(C)[C@H]4CC[C@]23C)C1. The Morgan fingerprint density at radius 2 is 2.00 bits per heavy atom. The summed E-state index contributed by atoms with van der Waals surface area (Å²) in [6.45, 7) is 9.27. The third-order valence-electron chi connectivity index (χ3n) is 11.7. The Morgan fingerprint density at radius 3 is 2.79 bits per heavy atom. The lowest BCUT2D eigenvalue weighted by Crippen LogP contribution is -2.50. The van der Waals surface area contributed by atoms with Crippen molar-refractivity contribution in [3.63, 3.8) is 0 Å². The van der Waals surface area contributed by atoms with Gasteiger partial charge in [-0.3, -0.25) is 4.79 Å². The Kier molecular flexibility index (Phi) is 6.96. The van der Waals surface area contributed by atoms with E-state index in [2.05, 4.69) is 31.7 Å². The molecule has 2 unspecified atom stereocenters. The van der Waals surface area contributed by atoms with Crippen molar-refractivity contribution in [2.45, 2.75) is 110 Å². The minimum absolute atomic E-state index is 0.116. The zero-order chi connectivity index (χ0) is 24.1. The van der Waals surface area contributed by atoms with Crippen molar-refractivity contribution < 1.29 is 14.6 Å².